The van der Waals surface area contributed by atoms with Gasteiger partial charge in [0.15, 0.2) is 0 Å². The van der Waals surface area contributed by atoms with Crippen molar-refractivity contribution in [2.24, 2.45) is 0 Å². The summed E-state index contributed by atoms with van der Waals surface area (Å²) >= 11 is 6.19. The van der Waals surface area contributed by atoms with E-state index in [1.807, 2.05) is 0 Å². The van der Waals surface area contributed by atoms with Crippen LogP contribution in [0, 0.1) is 0 Å². The monoisotopic (exact) mass is 520 g/mol. The highest BCUT2D eigenvalue weighted by atomic mass is 35.5. The fourth-order valence-corrected chi connectivity index (χ4v) is 4.20. The van der Waals surface area contributed by atoms with Gasteiger partial charge in [0.05, 0.1) is 34.6 Å². The molecule has 0 spiro atoms. The molecule has 1 N–H and O–H groups in total. The fourth-order valence-electron chi connectivity index (χ4n) is 4.03. The van der Waals surface area contributed by atoms with E-state index in [4.69, 9.17) is 21.1 Å². The molecule has 1 aliphatic heterocycles. The summed E-state index contributed by atoms with van der Waals surface area (Å²) in [5, 5.41) is 11.6. The second kappa shape index (κ2) is 10.8. The first-order valence-electron chi connectivity index (χ1n) is 11.7. The number of pyridine rings is 1. The number of benzene rings is 2. The molecule has 0 bridgehead atoms. The Morgan fingerprint density at radius 2 is 1.78 bits per heavy atom. The van der Waals surface area contributed by atoms with Crippen molar-refractivity contribution < 1.29 is 29.0 Å². The number of hydrogen-bond donors (Lipinski definition) is 1. The summed E-state index contributed by atoms with van der Waals surface area (Å²) in [6, 6.07) is 14.8. The third-order valence-corrected chi connectivity index (χ3v) is 5.95. The Bertz CT molecular complexity index is 1370. The average Bonchev–Trinajstić information content (AvgIpc) is 3.15. The molecule has 0 aliphatic carbocycles. The maximum Gasteiger partial charge on any atom is 0.338 e. The van der Waals surface area contributed by atoms with E-state index in [0.29, 0.717) is 34.3 Å². The molecule has 2 aromatic carbocycles. The van der Waals surface area contributed by atoms with Crippen molar-refractivity contribution in [3.05, 3.63) is 94.3 Å². The second-order valence-electron chi connectivity index (χ2n) is 8.50. The van der Waals surface area contributed by atoms with Crippen LogP contribution in [0.1, 0.15) is 48.4 Å². The van der Waals surface area contributed by atoms with Gasteiger partial charge in [-0.15, -0.1) is 0 Å². The Labute approximate surface area is 219 Å². The molecule has 2 heterocycles. The number of halogens is 1. The van der Waals surface area contributed by atoms with E-state index < -0.39 is 23.7 Å². The van der Waals surface area contributed by atoms with Gasteiger partial charge < -0.3 is 14.6 Å². The van der Waals surface area contributed by atoms with Crippen molar-refractivity contribution in [2.45, 2.75) is 32.9 Å². The van der Waals surface area contributed by atoms with Crippen molar-refractivity contribution in [1.29, 1.82) is 0 Å². The number of aromatic nitrogens is 1. The normalized spacial score (nSPS) is 16.8. The topological polar surface area (TPSA) is 106 Å². The first kappa shape index (κ1) is 25.9. The number of ketones is 1. The van der Waals surface area contributed by atoms with E-state index in [1.54, 1.807) is 57.2 Å². The number of amides is 1. The summed E-state index contributed by atoms with van der Waals surface area (Å²) in [6.07, 6.45) is 1.25. The maximum absolute atomic E-state index is 13.3. The van der Waals surface area contributed by atoms with Crippen molar-refractivity contribution >= 4 is 40.7 Å². The summed E-state index contributed by atoms with van der Waals surface area (Å²) in [7, 11) is 0. The van der Waals surface area contributed by atoms with E-state index in [0.717, 1.165) is 0 Å². The summed E-state index contributed by atoms with van der Waals surface area (Å²) < 4.78 is 10.7. The van der Waals surface area contributed by atoms with Gasteiger partial charge in [-0.05, 0) is 75.4 Å². The molecule has 1 atom stereocenters. The molecule has 1 aliphatic rings. The van der Waals surface area contributed by atoms with Gasteiger partial charge in [-0.3, -0.25) is 19.5 Å². The Balaban J connectivity index is 1.83. The fraction of sp³-hybridized carbons (Fsp3) is 0.214. The first-order chi connectivity index (χ1) is 17.7. The maximum atomic E-state index is 13.3. The predicted octanol–water partition coefficient (Wildman–Crippen LogP) is 5.33. The molecule has 1 fully saturated rings. The summed E-state index contributed by atoms with van der Waals surface area (Å²) in [4.78, 5) is 44.5. The highest BCUT2D eigenvalue weighted by molar-refractivity contribution is 6.51. The highest BCUT2D eigenvalue weighted by Gasteiger charge is 2.47. The molecular weight excluding hydrogens is 496 g/mol. The van der Waals surface area contributed by atoms with Crippen LogP contribution < -0.4 is 9.64 Å². The zero-order valence-corrected chi connectivity index (χ0v) is 21.2. The van der Waals surface area contributed by atoms with E-state index in [1.165, 1.54) is 35.4 Å². The van der Waals surface area contributed by atoms with Crippen LogP contribution in [-0.4, -0.2) is 40.5 Å². The van der Waals surface area contributed by atoms with Crippen molar-refractivity contribution in [3.63, 3.8) is 0 Å². The van der Waals surface area contributed by atoms with Gasteiger partial charge in [-0.2, -0.15) is 0 Å². The standard InChI is InChI=1S/C28H25ClN2O6/c1-4-36-22-15-18(10-13-20(22)29)25(32)23-24(21-7-5-6-14-30-21)31(27(34)26(23)33)19-11-8-17(9-12-19)28(35)37-16(2)3/h5-16,24,32H,4H2,1-3H3/b25-23-. The lowest BCUT2D eigenvalue weighted by molar-refractivity contribution is -0.132. The third kappa shape index (κ3) is 5.20. The number of aliphatic hydroxyl groups is 1. The third-order valence-electron chi connectivity index (χ3n) is 5.64. The predicted molar refractivity (Wildman–Crippen MR) is 139 cm³/mol. The number of nitrogens with zero attached hydrogens (tertiary/aromatic N) is 2. The molecule has 37 heavy (non-hydrogen) atoms. The lowest BCUT2D eigenvalue weighted by Crippen LogP contribution is -2.29. The first-order valence-corrected chi connectivity index (χ1v) is 12.1. The van der Waals surface area contributed by atoms with Crippen LogP contribution in [0.3, 0.4) is 0 Å². The molecule has 1 aromatic heterocycles. The minimum absolute atomic E-state index is 0.128. The number of carbonyl (C=O) groups excluding carboxylic acids is 3. The molecule has 190 valence electrons. The van der Waals surface area contributed by atoms with Gasteiger partial charge in [-0.25, -0.2) is 4.79 Å². The van der Waals surface area contributed by atoms with Crippen LogP contribution in [0.25, 0.3) is 5.76 Å². The molecule has 0 radical (unpaired) electrons. The summed E-state index contributed by atoms with van der Waals surface area (Å²) in [5.74, 6) is -2.26. The van der Waals surface area contributed by atoms with E-state index in [2.05, 4.69) is 4.98 Å². The number of esters is 1. The smallest absolute Gasteiger partial charge is 0.338 e. The Morgan fingerprint density at radius 3 is 2.41 bits per heavy atom. The van der Waals surface area contributed by atoms with Gasteiger partial charge in [0.1, 0.15) is 17.6 Å². The number of Topliss-reactive ketones (excluding diaryl/α,β-unsaturated/α-hetero) is 1. The van der Waals surface area contributed by atoms with Crippen LogP contribution in [-0.2, 0) is 14.3 Å². The zero-order valence-electron chi connectivity index (χ0n) is 20.5. The van der Waals surface area contributed by atoms with Crippen LogP contribution in [0.5, 0.6) is 5.75 Å². The van der Waals surface area contributed by atoms with Crippen LogP contribution >= 0.6 is 11.6 Å². The van der Waals surface area contributed by atoms with Crippen LogP contribution in [0.4, 0.5) is 5.69 Å². The average molecular weight is 521 g/mol. The van der Waals surface area contributed by atoms with E-state index in [-0.39, 0.29) is 23.0 Å². The van der Waals surface area contributed by atoms with Gasteiger partial charge in [-0.1, -0.05) is 17.7 Å². The SMILES string of the molecule is CCOc1cc(/C(O)=C2/C(=O)C(=O)N(c3ccc(C(=O)OC(C)C)cc3)C2c2ccccn2)ccc1Cl. The Hall–Kier alpha value is -4.17. The van der Waals surface area contributed by atoms with Crippen molar-refractivity contribution in [2.75, 3.05) is 11.5 Å². The molecule has 4 rings (SSSR count). The minimum atomic E-state index is -1.01. The second-order valence-corrected chi connectivity index (χ2v) is 8.91. The molecule has 8 nitrogen and oxygen atoms in total. The quantitative estimate of drug-likeness (QED) is 0.194. The van der Waals surface area contributed by atoms with Crippen LogP contribution in [0.2, 0.25) is 5.02 Å². The number of rotatable bonds is 7. The van der Waals surface area contributed by atoms with Crippen molar-refractivity contribution in [1.82, 2.24) is 4.98 Å². The number of aliphatic hydroxyl groups excluding tert-OH is 1. The zero-order chi connectivity index (χ0) is 26.7. The molecule has 1 saturated heterocycles. The molecule has 3 aromatic rings. The number of ether oxygens (including phenoxy) is 2. The van der Waals surface area contributed by atoms with E-state index >= 15 is 0 Å². The molecule has 1 unspecified atom stereocenters. The Morgan fingerprint density at radius 1 is 1.08 bits per heavy atom. The van der Waals surface area contributed by atoms with Crippen LogP contribution in [0.15, 0.2) is 72.4 Å². The molecule has 9 heteroatoms. The highest BCUT2D eigenvalue weighted by Crippen LogP contribution is 2.42. The largest absolute Gasteiger partial charge is 0.507 e. The Kier molecular flexibility index (Phi) is 7.59. The molecule has 0 saturated carbocycles. The lowest BCUT2D eigenvalue weighted by Gasteiger charge is -2.24. The van der Waals surface area contributed by atoms with Gasteiger partial charge in [0.2, 0.25) is 0 Å². The van der Waals surface area contributed by atoms with Gasteiger partial charge >= 0.3 is 5.97 Å². The number of carbonyl (C=O) groups is 3. The summed E-state index contributed by atoms with van der Waals surface area (Å²) in [6.45, 7) is 5.64. The number of hydrogen-bond acceptors (Lipinski definition) is 7. The lowest BCUT2D eigenvalue weighted by atomic mass is 9.98. The number of anilines is 1. The van der Waals surface area contributed by atoms with Crippen molar-refractivity contribution in [3.8, 4) is 5.75 Å². The minimum Gasteiger partial charge on any atom is -0.507 e. The van der Waals surface area contributed by atoms with E-state index in [9.17, 15) is 19.5 Å². The van der Waals surface area contributed by atoms with Gasteiger partial charge in [0, 0.05) is 17.4 Å². The van der Waals surface area contributed by atoms with Gasteiger partial charge in [0.25, 0.3) is 11.7 Å². The summed E-state index contributed by atoms with van der Waals surface area (Å²) in [5.41, 5.74) is 1.16. The molecular formula is C28H25ClN2O6. The molecule has 1 amide bonds.